The van der Waals surface area contributed by atoms with Crippen LogP contribution in [0.15, 0.2) is 36.4 Å². The van der Waals surface area contributed by atoms with Crippen LogP contribution in [0.3, 0.4) is 0 Å². The van der Waals surface area contributed by atoms with Crippen LogP contribution in [0.2, 0.25) is 0 Å². The quantitative estimate of drug-likeness (QED) is 0.470. The highest BCUT2D eigenvalue weighted by atomic mass is 19.4. The maximum Gasteiger partial charge on any atom is 0.419 e. The third kappa shape index (κ3) is 3.70. The molecule has 2 aromatic carbocycles. The predicted molar refractivity (Wildman–Crippen MR) is 104 cm³/mol. The number of benzene rings is 2. The molecule has 0 heterocycles. The highest BCUT2D eigenvalue weighted by Gasteiger charge is 2.36. The molecule has 28 heavy (non-hydrogen) atoms. The van der Waals surface area contributed by atoms with E-state index in [9.17, 15) is 17.6 Å². The SMILES string of the molecule is CCCC1CCC2c3ccc(-c4ccc(C(F)(F)F)c(F)c4)cc3CCC2C1. The van der Waals surface area contributed by atoms with Crippen LogP contribution in [-0.2, 0) is 12.6 Å². The summed E-state index contributed by atoms with van der Waals surface area (Å²) in [5.41, 5.74) is 2.78. The minimum Gasteiger partial charge on any atom is -0.206 e. The van der Waals surface area contributed by atoms with E-state index in [-0.39, 0.29) is 0 Å². The van der Waals surface area contributed by atoms with E-state index in [4.69, 9.17) is 0 Å². The number of hydrogen-bond acceptors (Lipinski definition) is 0. The summed E-state index contributed by atoms with van der Waals surface area (Å²) in [4.78, 5) is 0. The zero-order valence-electron chi connectivity index (χ0n) is 16.2. The van der Waals surface area contributed by atoms with Crippen molar-refractivity contribution in [3.8, 4) is 11.1 Å². The molecule has 0 aromatic heterocycles. The van der Waals surface area contributed by atoms with Gasteiger partial charge in [-0.1, -0.05) is 44.0 Å². The zero-order valence-corrected chi connectivity index (χ0v) is 16.2. The number of alkyl halides is 3. The summed E-state index contributed by atoms with van der Waals surface area (Å²) in [6.07, 6.45) is 3.96. The van der Waals surface area contributed by atoms with Crippen molar-refractivity contribution >= 4 is 0 Å². The van der Waals surface area contributed by atoms with Crippen molar-refractivity contribution in [1.82, 2.24) is 0 Å². The second kappa shape index (κ2) is 7.53. The number of hydrogen-bond donors (Lipinski definition) is 0. The fourth-order valence-electron chi connectivity index (χ4n) is 5.39. The fourth-order valence-corrected chi connectivity index (χ4v) is 5.39. The summed E-state index contributed by atoms with van der Waals surface area (Å²) in [7, 11) is 0. The van der Waals surface area contributed by atoms with E-state index in [1.54, 1.807) is 0 Å². The molecule has 150 valence electrons. The van der Waals surface area contributed by atoms with Gasteiger partial charge in [0.25, 0.3) is 0 Å². The van der Waals surface area contributed by atoms with E-state index >= 15 is 0 Å². The maximum absolute atomic E-state index is 14.0. The van der Waals surface area contributed by atoms with Crippen LogP contribution in [0.5, 0.6) is 0 Å². The zero-order chi connectivity index (χ0) is 19.9. The minimum atomic E-state index is -4.66. The van der Waals surface area contributed by atoms with E-state index in [0.29, 0.717) is 11.5 Å². The molecular formula is C24H26F4. The van der Waals surface area contributed by atoms with E-state index in [2.05, 4.69) is 19.1 Å². The van der Waals surface area contributed by atoms with Gasteiger partial charge < -0.3 is 0 Å². The summed E-state index contributed by atoms with van der Waals surface area (Å²) in [5.74, 6) is 1.02. The normalized spacial score (nSPS) is 24.5. The predicted octanol–water partition coefficient (Wildman–Crippen LogP) is 7.76. The molecule has 2 aliphatic carbocycles. The summed E-state index contributed by atoms with van der Waals surface area (Å²) in [6.45, 7) is 2.26. The van der Waals surface area contributed by atoms with Gasteiger partial charge in [0.15, 0.2) is 0 Å². The molecule has 3 atom stereocenters. The molecule has 4 heteroatoms. The largest absolute Gasteiger partial charge is 0.419 e. The maximum atomic E-state index is 14.0. The highest BCUT2D eigenvalue weighted by molar-refractivity contribution is 5.66. The molecule has 3 unspecified atom stereocenters. The number of aryl methyl sites for hydroxylation is 1. The molecule has 0 nitrogen and oxygen atoms in total. The van der Waals surface area contributed by atoms with Crippen molar-refractivity contribution in [1.29, 1.82) is 0 Å². The molecule has 0 spiro atoms. The van der Waals surface area contributed by atoms with Gasteiger partial charge in [-0.3, -0.25) is 0 Å². The first-order chi connectivity index (χ1) is 13.4. The lowest BCUT2D eigenvalue weighted by molar-refractivity contribution is -0.139. The van der Waals surface area contributed by atoms with Gasteiger partial charge >= 0.3 is 6.18 Å². The van der Waals surface area contributed by atoms with E-state index in [1.807, 2.05) is 6.07 Å². The molecule has 1 saturated carbocycles. The molecule has 0 amide bonds. The Morgan fingerprint density at radius 1 is 0.964 bits per heavy atom. The van der Waals surface area contributed by atoms with Gasteiger partial charge in [-0.2, -0.15) is 13.2 Å². The van der Waals surface area contributed by atoms with E-state index in [1.165, 1.54) is 55.7 Å². The van der Waals surface area contributed by atoms with Crippen LogP contribution in [0.1, 0.15) is 68.1 Å². The van der Waals surface area contributed by atoms with Gasteiger partial charge in [0.1, 0.15) is 5.82 Å². The van der Waals surface area contributed by atoms with Gasteiger partial charge in [-0.15, -0.1) is 0 Å². The van der Waals surface area contributed by atoms with Gasteiger partial charge in [-0.05, 0) is 84.2 Å². The average Bonchev–Trinajstić information content (AvgIpc) is 2.66. The van der Waals surface area contributed by atoms with E-state index < -0.39 is 17.6 Å². The Kier molecular flexibility index (Phi) is 5.24. The lowest BCUT2D eigenvalue weighted by atomic mass is 9.64. The Morgan fingerprint density at radius 3 is 2.43 bits per heavy atom. The third-order valence-electron chi connectivity index (χ3n) is 6.72. The first-order valence-corrected chi connectivity index (χ1v) is 10.4. The smallest absolute Gasteiger partial charge is 0.206 e. The molecule has 2 aromatic rings. The van der Waals surface area contributed by atoms with Gasteiger partial charge in [-0.25, -0.2) is 4.39 Å². The summed E-state index contributed by atoms with van der Waals surface area (Å²) in [6, 6.07) is 9.36. The lowest BCUT2D eigenvalue weighted by Crippen LogP contribution is -2.28. The highest BCUT2D eigenvalue weighted by Crippen LogP contribution is 2.48. The van der Waals surface area contributed by atoms with Crippen molar-refractivity contribution in [3.63, 3.8) is 0 Å². The third-order valence-corrected chi connectivity index (χ3v) is 6.72. The Bertz CT molecular complexity index is 852. The molecule has 2 aliphatic rings. The summed E-state index contributed by atoms with van der Waals surface area (Å²) in [5, 5.41) is 0. The molecule has 4 rings (SSSR count). The number of rotatable bonds is 3. The molecule has 0 aliphatic heterocycles. The first-order valence-electron chi connectivity index (χ1n) is 10.4. The molecule has 0 N–H and O–H groups in total. The number of halogens is 4. The first kappa shape index (κ1) is 19.5. The van der Waals surface area contributed by atoms with Gasteiger partial charge in [0.05, 0.1) is 5.56 Å². The van der Waals surface area contributed by atoms with Crippen LogP contribution in [0.25, 0.3) is 11.1 Å². The van der Waals surface area contributed by atoms with Crippen molar-refractivity contribution in [2.75, 3.05) is 0 Å². The number of fused-ring (bicyclic) bond motifs is 3. The Labute approximate surface area is 164 Å². The van der Waals surface area contributed by atoms with Crippen LogP contribution in [-0.4, -0.2) is 0 Å². The molecule has 1 fully saturated rings. The molecular weight excluding hydrogens is 364 g/mol. The Hall–Kier alpha value is -1.84. The van der Waals surface area contributed by atoms with Gasteiger partial charge in [0.2, 0.25) is 0 Å². The second-order valence-electron chi connectivity index (χ2n) is 8.48. The summed E-state index contributed by atoms with van der Waals surface area (Å²) < 4.78 is 52.4. The monoisotopic (exact) mass is 390 g/mol. The standard InChI is InChI=1S/C24H26F4/c1-2-3-15-4-9-20-18(12-15)5-6-19-13-16(7-10-21(19)20)17-8-11-22(23(25)14-17)24(26,27)28/h7-8,10-11,13-15,18,20H,2-6,9,12H2,1H3. The van der Waals surface area contributed by atoms with Crippen molar-refractivity contribution in [3.05, 3.63) is 58.9 Å². The molecule has 0 radical (unpaired) electrons. The Morgan fingerprint density at radius 2 is 1.71 bits per heavy atom. The van der Waals surface area contributed by atoms with Crippen LogP contribution < -0.4 is 0 Å². The van der Waals surface area contributed by atoms with Crippen LogP contribution in [0, 0.1) is 17.7 Å². The van der Waals surface area contributed by atoms with Crippen molar-refractivity contribution < 1.29 is 17.6 Å². The lowest BCUT2D eigenvalue weighted by Gasteiger charge is -2.40. The molecule has 0 saturated heterocycles. The van der Waals surface area contributed by atoms with E-state index in [0.717, 1.165) is 36.0 Å². The van der Waals surface area contributed by atoms with Gasteiger partial charge in [0, 0.05) is 0 Å². The molecule has 0 bridgehead atoms. The van der Waals surface area contributed by atoms with Crippen LogP contribution in [0.4, 0.5) is 17.6 Å². The topological polar surface area (TPSA) is 0 Å². The average molecular weight is 390 g/mol. The fraction of sp³-hybridized carbons (Fsp3) is 0.500. The van der Waals surface area contributed by atoms with Crippen molar-refractivity contribution in [2.45, 2.75) is 64.0 Å². The Balaban J connectivity index is 1.59. The van der Waals surface area contributed by atoms with Crippen molar-refractivity contribution in [2.24, 2.45) is 11.8 Å². The van der Waals surface area contributed by atoms with Crippen LogP contribution >= 0.6 is 0 Å². The second-order valence-corrected chi connectivity index (χ2v) is 8.48. The summed E-state index contributed by atoms with van der Waals surface area (Å²) >= 11 is 0. The minimum absolute atomic E-state index is 0.502.